The van der Waals surface area contributed by atoms with Crippen LogP contribution in [0.1, 0.15) is 29.5 Å². The average molecular weight is 348 g/mol. The summed E-state index contributed by atoms with van der Waals surface area (Å²) in [5.74, 6) is 0.523. The number of likely N-dealkylation sites (tertiary alicyclic amines) is 1. The molecule has 0 bridgehead atoms. The van der Waals surface area contributed by atoms with Gasteiger partial charge in [-0.25, -0.2) is 0 Å². The van der Waals surface area contributed by atoms with Crippen LogP contribution in [-0.4, -0.2) is 30.4 Å². The smallest absolute Gasteiger partial charge is 0.244 e. The lowest BCUT2D eigenvalue weighted by atomic mass is 9.97. The Bertz CT molecular complexity index is 722. The molecule has 3 heteroatoms. The molecule has 1 heterocycles. The molecule has 3 nitrogen and oxygen atoms in total. The highest BCUT2D eigenvalue weighted by Gasteiger charge is 2.20. The first-order valence-electron chi connectivity index (χ1n) is 9.48. The normalized spacial score (nSPS) is 18.1. The Balaban J connectivity index is 1.43. The number of piperidine rings is 1. The first-order chi connectivity index (χ1) is 12.7. The summed E-state index contributed by atoms with van der Waals surface area (Å²) in [5, 5.41) is 3.07. The second-order valence-corrected chi connectivity index (χ2v) is 7.22. The molecule has 0 radical (unpaired) electrons. The van der Waals surface area contributed by atoms with Crippen molar-refractivity contribution in [3.05, 3.63) is 77.4 Å². The standard InChI is InChI=1S/C23H28N2O/c1-19-9-11-20(12-10-19)13-14-23(26)24-16-22-8-5-15-25(18-22)17-21-6-3-2-4-7-21/h2-4,6-7,9-14,22H,5,8,15-18H2,1H3,(H,24,26)/b14-13+. The molecule has 2 aromatic carbocycles. The van der Waals surface area contributed by atoms with Crippen LogP contribution in [0, 0.1) is 12.8 Å². The fourth-order valence-corrected chi connectivity index (χ4v) is 3.46. The fraction of sp³-hybridized carbons (Fsp3) is 0.348. The molecule has 1 unspecified atom stereocenters. The van der Waals surface area contributed by atoms with Gasteiger partial charge >= 0.3 is 0 Å². The number of nitrogens with zero attached hydrogens (tertiary/aromatic N) is 1. The number of carbonyl (C=O) groups is 1. The zero-order chi connectivity index (χ0) is 18.2. The quantitative estimate of drug-likeness (QED) is 0.799. The molecule has 1 atom stereocenters. The van der Waals surface area contributed by atoms with E-state index >= 15 is 0 Å². The lowest BCUT2D eigenvalue weighted by Gasteiger charge is -2.32. The fourth-order valence-electron chi connectivity index (χ4n) is 3.46. The predicted octanol–water partition coefficient (Wildman–Crippen LogP) is 4.04. The molecule has 1 N–H and O–H groups in total. The van der Waals surface area contributed by atoms with Crippen molar-refractivity contribution in [3.8, 4) is 0 Å². The molecule has 1 saturated heterocycles. The highest BCUT2D eigenvalue weighted by atomic mass is 16.1. The number of amides is 1. The summed E-state index contributed by atoms with van der Waals surface area (Å²) >= 11 is 0. The van der Waals surface area contributed by atoms with E-state index in [2.05, 4.69) is 59.6 Å². The summed E-state index contributed by atoms with van der Waals surface area (Å²) in [6.07, 6.45) is 5.90. The Labute approximate surface area is 156 Å². The molecule has 0 aliphatic carbocycles. The van der Waals surface area contributed by atoms with E-state index in [9.17, 15) is 4.79 Å². The zero-order valence-corrected chi connectivity index (χ0v) is 15.5. The number of benzene rings is 2. The van der Waals surface area contributed by atoms with Gasteiger partial charge in [0.2, 0.25) is 5.91 Å². The van der Waals surface area contributed by atoms with Gasteiger partial charge in [0.05, 0.1) is 0 Å². The van der Waals surface area contributed by atoms with Crippen LogP contribution in [0.5, 0.6) is 0 Å². The minimum atomic E-state index is -0.00856. The van der Waals surface area contributed by atoms with Gasteiger partial charge in [-0.15, -0.1) is 0 Å². The van der Waals surface area contributed by atoms with Crippen LogP contribution in [0.3, 0.4) is 0 Å². The number of rotatable bonds is 6. The largest absolute Gasteiger partial charge is 0.352 e. The van der Waals surface area contributed by atoms with E-state index in [-0.39, 0.29) is 5.91 Å². The second kappa shape index (κ2) is 9.35. The summed E-state index contributed by atoms with van der Waals surface area (Å²) in [5.41, 5.74) is 3.64. The third kappa shape index (κ3) is 5.85. The maximum atomic E-state index is 12.1. The lowest BCUT2D eigenvalue weighted by Crippen LogP contribution is -2.40. The van der Waals surface area contributed by atoms with Crippen LogP contribution < -0.4 is 5.32 Å². The SMILES string of the molecule is Cc1ccc(/C=C/C(=O)NCC2CCCN(Cc3ccccc3)C2)cc1. The van der Waals surface area contributed by atoms with Crippen molar-refractivity contribution >= 4 is 12.0 Å². The maximum Gasteiger partial charge on any atom is 0.244 e. The first-order valence-corrected chi connectivity index (χ1v) is 9.48. The zero-order valence-electron chi connectivity index (χ0n) is 15.5. The van der Waals surface area contributed by atoms with Crippen molar-refractivity contribution in [2.75, 3.05) is 19.6 Å². The molecule has 1 aliphatic rings. The molecule has 136 valence electrons. The summed E-state index contributed by atoms with van der Waals surface area (Å²) < 4.78 is 0. The van der Waals surface area contributed by atoms with E-state index in [1.54, 1.807) is 6.08 Å². The van der Waals surface area contributed by atoms with Crippen molar-refractivity contribution in [1.82, 2.24) is 10.2 Å². The van der Waals surface area contributed by atoms with Crippen LogP contribution in [0.4, 0.5) is 0 Å². The maximum absolute atomic E-state index is 12.1. The van der Waals surface area contributed by atoms with Crippen LogP contribution in [0.25, 0.3) is 6.08 Å². The van der Waals surface area contributed by atoms with E-state index in [0.29, 0.717) is 5.92 Å². The lowest BCUT2D eigenvalue weighted by molar-refractivity contribution is -0.116. The summed E-state index contributed by atoms with van der Waals surface area (Å²) in [4.78, 5) is 14.6. The van der Waals surface area contributed by atoms with Crippen molar-refractivity contribution in [2.45, 2.75) is 26.3 Å². The monoisotopic (exact) mass is 348 g/mol. The molecule has 0 spiro atoms. The Kier molecular flexibility index (Phi) is 6.62. The van der Waals surface area contributed by atoms with Crippen molar-refractivity contribution in [1.29, 1.82) is 0 Å². The number of aryl methyl sites for hydroxylation is 1. The van der Waals surface area contributed by atoms with Gasteiger partial charge in [-0.1, -0.05) is 60.2 Å². The summed E-state index contributed by atoms with van der Waals surface area (Å²) in [6, 6.07) is 18.8. The van der Waals surface area contributed by atoms with E-state index < -0.39 is 0 Å². The molecule has 1 aliphatic heterocycles. The first kappa shape index (κ1) is 18.4. The Morgan fingerprint density at radius 1 is 1.15 bits per heavy atom. The molecule has 0 saturated carbocycles. The molecular formula is C23H28N2O. The van der Waals surface area contributed by atoms with Gasteiger partial charge in [0.25, 0.3) is 0 Å². The van der Waals surface area contributed by atoms with E-state index in [1.165, 1.54) is 24.0 Å². The molecule has 0 aromatic heterocycles. The Hall–Kier alpha value is -2.39. The van der Waals surface area contributed by atoms with Crippen LogP contribution >= 0.6 is 0 Å². The van der Waals surface area contributed by atoms with Gasteiger partial charge in [-0.3, -0.25) is 9.69 Å². The third-order valence-electron chi connectivity index (χ3n) is 4.92. The number of hydrogen-bond donors (Lipinski definition) is 1. The Morgan fingerprint density at radius 3 is 2.69 bits per heavy atom. The van der Waals surface area contributed by atoms with Gasteiger partial charge in [0, 0.05) is 25.7 Å². The number of hydrogen-bond acceptors (Lipinski definition) is 2. The van der Waals surface area contributed by atoms with Crippen LogP contribution in [-0.2, 0) is 11.3 Å². The number of carbonyl (C=O) groups excluding carboxylic acids is 1. The Morgan fingerprint density at radius 2 is 1.92 bits per heavy atom. The van der Waals surface area contributed by atoms with Gasteiger partial charge in [0.1, 0.15) is 0 Å². The average Bonchev–Trinajstić information content (AvgIpc) is 2.67. The second-order valence-electron chi connectivity index (χ2n) is 7.22. The molecule has 1 amide bonds. The third-order valence-corrected chi connectivity index (χ3v) is 4.92. The minimum Gasteiger partial charge on any atom is -0.352 e. The van der Waals surface area contributed by atoms with Crippen LogP contribution in [0.2, 0.25) is 0 Å². The number of nitrogens with one attached hydrogen (secondary N) is 1. The molecular weight excluding hydrogens is 320 g/mol. The summed E-state index contributed by atoms with van der Waals surface area (Å²) in [6.45, 7) is 6.01. The van der Waals surface area contributed by atoms with Crippen molar-refractivity contribution in [2.24, 2.45) is 5.92 Å². The predicted molar refractivity (Wildman–Crippen MR) is 108 cm³/mol. The summed E-state index contributed by atoms with van der Waals surface area (Å²) in [7, 11) is 0. The van der Waals surface area contributed by atoms with E-state index in [0.717, 1.165) is 31.7 Å². The minimum absolute atomic E-state index is 0.00856. The van der Waals surface area contributed by atoms with Gasteiger partial charge in [0.15, 0.2) is 0 Å². The molecule has 3 rings (SSSR count). The van der Waals surface area contributed by atoms with Crippen molar-refractivity contribution < 1.29 is 4.79 Å². The van der Waals surface area contributed by atoms with Crippen molar-refractivity contribution in [3.63, 3.8) is 0 Å². The van der Waals surface area contributed by atoms with Crippen LogP contribution in [0.15, 0.2) is 60.7 Å². The molecule has 2 aromatic rings. The van der Waals surface area contributed by atoms with E-state index in [1.807, 2.05) is 18.2 Å². The molecule has 26 heavy (non-hydrogen) atoms. The van der Waals surface area contributed by atoms with Gasteiger partial charge < -0.3 is 5.32 Å². The van der Waals surface area contributed by atoms with Gasteiger partial charge in [-0.05, 0) is 49.4 Å². The molecule has 1 fully saturated rings. The topological polar surface area (TPSA) is 32.3 Å². The van der Waals surface area contributed by atoms with E-state index in [4.69, 9.17) is 0 Å². The highest BCUT2D eigenvalue weighted by molar-refractivity contribution is 5.91. The van der Waals surface area contributed by atoms with Gasteiger partial charge in [-0.2, -0.15) is 0 Å². The highest BCUT2D eigenvalue weighted by Crippen LogP contribution is 2.18.